The largest absolute Gasteiger partial charge is 0.316 e. The molecule has 0 aliphatic carbocycles. The zero-order valence-corrected chi connectivity index (χ0v) is 6.35. The smallest absolute Gasteiger partial charge is 0.0269 e. The Kier molecular flexibility index (Phi) is 5.52. The van der Waals surface area contributed by atoms with E-state index in [-0.39, 0.29) is 0 Å². The van der Waals surface area contributed by atoms with Crippen molar-refractivity contribution in [2.75, 3.05) is 20.1 Å². The molecule has 0 radical (unpaired) electrons. The highest BCUT2D eigenvalue weighted by Gasteiger charge is 2.06. The van der Waals surface area contributed by atoms with E-state index in [2.05, 4.69) is 24.0 Å². The van der Waals surface area contributed by atoms with Crippen LogP contribution in [0.4, 0.5) is 0 Å². The molecule has 1 fully saturated rings. The van der Waals surface area contributed by atoms with Crippen LogP contribution in [0.15, 0.2) is 4.99 Å². The van der Waals surface area contributed by atoms with Gasteiger partial charge in [0.25, 0.3) is 0 Å². The second-order valence-electron chi connectivity index (χ2n) is 2.41. The lowest BCUT2D eigenvalue weighted by atomic mass is 10.2. The van der Waals surface area contributed by atoms with Gasteiger partial charge in [0.15, 0.2) is 0 Å². The second-order valence-corrected chi connectivity index (χ2v) is 2.41. The molecular weight excluding hydrogens is 112 g/mol. The van der Waals surface area contributed by atoms with Crippen molar-refractivity contribution >= 4 is 6.72 Å². The first-order chi connectivity index (χ1) is 4.31. The maximum absolute atomic E-state index is 3.27. The Bertz CT molecular complexity index is 65.3. The predicted molar refractivity (Wildman–Crippen MR) is 42.1 cm³/mol. The van der Waals surface area contributed by atoms with Gasteiger partial charge in [0.1, 0.15) is 0 Å². The third kappa shape index (κ3) is 5.50. The van der Waals surface area contributed by atoms with Crippen LogP contribution >= 0.6 is 0 Å². The fourth-order valence-corrected chi connectivity index (χ4v) is 0.799. The van der Waals surface area contributed by atoms with Gasteiger partial charge in [-0.05, 0) is 32.1 Å². The minimum Gasteiger partial charge on any atom is -0.316 e. The Hall–Kier alpha value is -0.370. The van der Waals surface area contributed by atoms with Gasteiger partial charge in [-0.15, -0.1) is 0 Å². The predicted octanol–water partition coefficient (Wildman–Crippen LogP) is 0.933. The molecule has 1 saturated heterocycles. The van der Waals surface area contributed by atoms with E-state index in [4.69, 9.17) is 0 Å². The fraction of sp³-hybridized carbons (Fsp3) is 0.857. The van der Waals surface area contributed by atoms with E-state index in [1.165, 1.54) is 19.5 Å². The summed E-state index contributed by atoms with van der Waals surface area (Å²) < 4.78 is 0. The molecule has 1 unspecified atom stereocenters. The maximum atomic E-state index is 3.27. The van der Waals surface area contributed by atoms with Gasteiger partial charge in [0.2, 0.25) is 0 Å². The van der Waals surface area contributed by atoms with Gasteiger partial charge in [0.05, 0.1) is 0 Å². The fourth-order valence-electron chi connectivity index (χ4n) is 0.799. The molecule has 0 aromatic rings. The van der Waals surface area contributed by atoms with Crippen LogP contribution in [0, 0.1) is 5.92 Å². The van der Waals surface area contributed by atoms with Crippen molar-refractivity contribution in [1.82, 2.24) is 5.32 Å². The molecule has 1 aliphatic heterocycles. The van der Waals surface area contributed by atoms with Crippen LogP contribution in [-0.2, 0) is 0 Å². The molecule has 0 amide bonds. The highest BCUT2D eigenvalue weighted by Crippen LogP contribution is 2.03. The topological polar surface area (TPSA) is 24.4 Å². The van der Waals surface area contributed by atoms with Crippen LogP contribution in [-0.4, -0.2) is 26.9 Å². The summed E-state index contributed by atoms with van der Waals surface area (Å²) in [7, 11) is 1.64. The molecular formula is C7H16N2. The summed E-state index contributed by atoms with van der Waals surface area (Å²) in [6.07, 6.45) is 1.38. The molecule has 0 saturated carbocycles. The minimum absolute atomic E-state index is 0.935. The third-order valence-electron chi connectivity index (χ3n) is 1.31. The molecule has 0 aromatic carbocycles. The van der Waals surface area contributed by atoms with Crippen LogP contribution in [0.25, 0.3) is 0 Å². The quantitative estimate of drug-likeness (QED) is 0.482. The van der Waals surface area contributed by atoms with Crippen molar-refractivity contribution in [2.45, 2.75) is 13.3 Å². The molecule has 2 heteroatoms. The molecule has 1 atom stereocenters. The Morgan fingerprint density at radius 1 is 1.67 bits per heavy atom. The molecule has 1 aliphatic rings. The van der Waals surface area contributed by atoms with Crippen molar-refractivity contribution in [1.29, 1.82) is 0 Å². The molecule has 1 N–H and O–H groups in total. The monoisotopic (exact) mass is 128 g/mol. The van der Waals surface area contributed by atoms with Crippen LogP contribution in [0.3, 0.4) is 0 Å². The van der Waals surface area contributed by atoms with E-state index in [1.54, 1.807) is 7.05 Å². The number of hydrogen-bond donors (Lipinski definition) is 1. The van der Waals surface area contributed by atoms with E-state index < -0.39 is 0 Å². The zero-order valence-electron chi connectivity index (χ0n) is 6.35. The van der Waals surface area contributed by atoms with Gasteiger partial charge in [-0.25, -0.2) is 0 Å². The maximum Gasteiger partial charge on any atom is 0.0269 e. The Balaban J connectivity index is 0.000000187. The average molecular weight is 128 g/mol. The van der Waals surface area contributed by atoms with Crippen molar-refractivity contribution in [2.24, 2.45) is 10.9 Å². The standard InChI is InChI=1S/C5H11N.C2H5N/c1-5-2-3-6-4-5;1-3-2/h5-6H,2-4H2,1H3;1H2,2H3. The van der Waals surface area contributed by atoms with Gasteiger partial charge >= 0.3 is 0 Å². The molecule has 2 nitrogen and oxygen atoms in total. The first-order valence-corrected chi connectivity index (χ1v) is 3.36. The number of rotatable bonds is 0. The van der Waals surface area contributed by atoms with Crippen LogP contribution in [0.5, 0.6) is 0 Å². The summed E-state index contributed by atoms with van der Waals surface area (Å²) in [4.78, 5) is 3.25. The van der Waals surface area contributed by atoms with E-state index in [9.17, 15) is 0 Å². The molecule has 9 heavy (non-hydrogen) atoms. The van der Waals surface area contributed by atoms with Crippen LogP contribution in [0.1, 0.15) is 13.3 Å². The lowest BCUT2D eigenvalue weighted by molar-refractivity contribution is 0.651. The molecule has 54 valence electrons. The highest BCUT2D eigenvalue weighted by molar-refractivity contribution is 5.22. The van der Waals surface area contributed by atoms with Crippen molar-refractivity contribution in [3.63, 3.8) is 0 Å². The first-order valence-electron chi connectivity index (χ1n) is 3.36. The lowest BCUT2D eigenvalue weighted by Gasteiger charge is -1.90. The summed E-state index contributed by atoms with van der Waals surface area (Å²) in [5.74, 6) is 0.935. The molecule has 1 rings (SSSR count). The molecule has 1 heterocycles. The van der Waals surface area contributed by atoms with Gasteiger partial charge in [0, 0.05) is 7.05 Å². The molecule has 0 aromatic heterocycles. The Morgan fingerprint density at radius 3 is 2.33 bits per heavy atom. The first kappa shape index (κ1) is 8.63. The normalized spacial score (nSPS) is 24.4. The number of aliphatic imine (C=N–C) groups is 1. The number of nitrogens with zero attached hydrogens (tertiary/aromatic N) is 1. The number of nitrogens with one attached hydrogen (secondary N) is 1. The van der Waals surface area contributed by atoms with E-state index in [0.717, 1.165) is 5.92 Å². The third-order valence-corrected chi connectivity index (χ3v) is 1.31. The van der Waals surface area contributed by atoms with Gasteiger partial charge in [-0.1, -0.05) is 6.92 Å². The van der Waals surface area contributed by atoms with E-state index in [0.29, 0.717) is 0 Å². The summed E-state index contributed by atoms with van der Waals surface area (Å²) in [6.45, 7) is 7.86. The van der Waals surface area contributed by atoms with Gasteiger partial charge in [-0.2, -0.15) is 0 Å². The Labute approximate surface area is 57.4 Å². The van der Waals surface area contributed by atoms with E-state index >= 15 is 0 Å². The van der Waals surface area contributed by atoms with E-state index in [1.807, 2.05) is 0 Å². The summed E-state index contributed by atoms with van der Waals surface area (Å²) >= 11 is 0. The molecule has 0 bridgehead atoms. The SMILES string of the molecule is C=NC.CC1CCNC1. The van der Waals surface area contributed by atoms with Crippen LogP contribution in [0.2, 0.25) is 0 Å². The summed E-state index contributed by atoms with van der Waals surface area (Å²) in [5.41, 5.74) is 0. The van der Waals surface area contributed by atoms with Gasteiger partial charge < -0.3 is 10.3 Å². The average Bonchev–Trinajstić information content (AvgIpc) is 2.20. The minimum atomic E-state index is 0.935. The van der Waals surface area contributed by atoms with Crippen LogP contribution < -0.4 is 5.32 Å². The molecule has 0 spiro atoms. The zero-order chi connectivity index (χ0) is 7.11. The Morgan fingerprint density at radius 2 is 2.22 bits per heavy atom. The number of hydrogen-bond acceptors (Lipinski definition) is 2. The van der Waals surface area contributed by atoms with Crippen molar-refractivity contribution in [3.8, 4) is 0 Å². The van der Waals surface area contributed by atoms with Crippen molar-refractivity contribution in [3.05, 3.63) is 0 Å². The second kappa shape index (κ2) is 5.76. The lowest BCUT2D eigenvalue weighted by Crippen LogP contribution is -2.06. The highest BCUT2D eigenvalue weighted by atomic mass is 14.9. The van der Waals surface area contributed by atoms with Crippen molar-refractivity contribution < 1.29 is 0 Å². The van der Waals surface area contributed by atoms with Gasteiger partial charge in [-0.3, -0.25) is 0 Å². The summed E-state index contributed by atoms with van der Waals surface area (Å²) in [5, 5.41) is 3.27. The summed E-state index contributed by atoms with van der Waals surface area (Å²) in [6, 6.07) is 0.